The van der Waals surface area contributed by atoms with Gasteiger partial charge in [-0.2, -0.15) is 0 Å². The fraction of sp³-hybridized carbons (Fsp3) is 0.800. The van der Waals surface area contributed by atoms with Gasteiger partial charge < -0.3 is 25.9 Å². The molecule has 1 rings (SSSR count). The van der Waals surface area contributed by atoms with Crippen LogP contribution in [0.2, 0.25) is 0 Å². The summed E-state index contributed by atoms with van der Waals surface area (Å²) < 4.78 is 5.50. The number of amidine groups is 1. The van der Waals surface area contributed by atoms with Gasteiger partial charge in [0.25, 0.3) is 0 Å². The van der Waals surface area contributed by atoms with Gasteiger partial charge in [0.05, 0.1) is 18.6 Å². The summed E-state index contributed by atoms with van der Waals surface area (Å²) in [6.07, 6.45) is -0.00260. The highest BCUT2D eigenvalue weighted by Crippen LogP contribution is 2.02. The van der Waals surface area contributed by atoms with Crippen LogP contribution in [0, 0.1) is 5.92 Å². The van der Waals surface area contributed by atoms with Crippen LogP contribution in [0.4, 0.5) is 0 Å². The number of hydrogen-bond donors (Lipinski definition) is 3. The molecule has 1 saturated heterocycles. The largest absolute Gasteiger partial charge is 0.409 e. The number of nitrogens with one attached hydrogen (secondary N) is 1. The molecule has 1 aliphatic heterocycles. The SMILES string of the molecule is CC(C(=O)NCC1CN(C)CCO1)C(N)=NO. The molecule has 0 aromatic rings. The van der Waals surface area contributed by atoms with E-state index < -0.39 is 5.92 Å². The van der Waals surface area contributed by atoms with E-state index in [1.54, 1.807) is 6.92 Å². The lowest BCUT2D eigenvalue weighted by molar-refractivity contribution is -0.123. The van der Waals surface area contributed by atoms with Gasteiger partial charge >= 0.3 is 0 Å². The lowest BCUT2D eigenvalue weighted by Gasteiger charge is -2.30. The van der Waals surface area contributed by atoms with Gasteiger partial charge in [0, 0.05) is 19.6 Å². The van der Waals surface area contributed by atoms with Crippen LogP contribution in [0.15, 0.2) is 5.16 Å². The van der Waals surface area contributed by atoms with Crippen LogP contribution in [0.1, 0.15) is 6.92 Å². The van der Waals surface area contributed by atoms with Gasteiger partial charge in [-0.25, -0.2) is 0 Å². The van der Waals surface area contributed by atoms with Crippen molar-refractivity contribution in [1.29, 1.82) is 0 Å². The standard InChI is InChI=1S/C10H20N4O3/c1-7(9(11)13-16)10(15)12-5-8-6-14(2)3-4-17-8/h7-8,16H,3-6H2,1-2H3,(H2,11,13)(H,12,15). The molecule has 1 fully saturated rings. The Hall–Kier alpha value is -1.34. The Bertz CT molecular complexity index is 295. The molecule has 2 unspecified atom stereocenters. The quantitative estimate of drug-likeness (QED) is 0.250. The zero-order valence-corrected chi connectivity index (χ0v) is 10.2. The number of carbonyl (C=O) groups excluding carboxylic acids is 1. The van der Waals surface area contributed by atoms with Crippen molar-refractivity contribution in [3.05, 3.63) is 0 Å². The summed E-state index contributed by atoms with van der Waals surface area (Å²) >= 11 is 0. The van der Waals surface area contributed by atoms with Gasteiger partial charge in [-0.05, 0) is 14.0 Å². The molecule has 0 aromatic heterocycles. The lowest BCUT2D eigenvalue weighted by Crippen LogP contribution is -2.47. The van der Waals surface area contributed by atoms with Crippen LogP contribution in [0.3, 0.4) is 0 Å². The van der Waals surface area contributed by atoms with Gasteiger partial charge in [0.15, 0.2) is 5.84 Å². The fourth-order valence-corrected chi connectivity index (χ4v) is 1.58. The van der Waals surface area contributed by atoms with Crippen molar-refractivity contribution in [2.75, 3.05) is 33.3 Å². The van der Waals surface area contributed by atoms with E-state index in [1.165, 1.54) is 0 Å². The molecule has 7 nitrogen and oxygen atoms in total. The number of carbonyl (C=O) groups is 1. The van der Waals surface area contributed by atoms with Crippen molar-refractivity contribution in [2.24, 2.45) is 16.8 Å². The third kappa shape index (κ3) is 4.20. The van der Waals surface area contributed by atoms with E-state index >= 15 is 0 Å². The molecule has 0 bridgehead atoms. The molecule has 1 heterocycles. The van der Waals surface area contributed by atoms with E-state index in [4.69, 9.17) is 15.7 Å². The summed E-state index contributed by atoms with van der Waals surface area (Å²) in [5.74, 6) is -0.998. The second-order valence-corrected chi connectivity index (χ2v) is 4.25. The summed E-state index contributed by atoms with van der Waals surface area (Å²) in [4.78, 5) is 13.8. The first-order valence-corrected chi connectivity index (χ1v) is 5.60. The summed E-state index contributed by atoms with van der Waals surface area (Å²) in [6.45, 7) is 4.39. The van der Waals surface area contributed by atoms with Gasteiger partial charge in [0.2, 0.25) is 5.91 Å². The van der Waals surface area contributed by atoms with E-state index in [0.717, 1.165) is 13.1 Å². The van der Waals surface area contributed by atoms with Crippen LogP contribution in [-0.4, -0.2) is 61.2 Å². The topological polar surface area (TPSA) is 100 Å². The normalized spacial score (nSPS) is 24.4. The molecule has 2 atom stereocenters. The second kappa shape index (κ2) is 6.41. The number of ether oxygens (including phenoxy) is 1. The van der Waals surface area contributed by atoms with Crippen LogP contribution < -0.4 is 11.1 Å². The minimum Gasteiger partial charge on any atom is -0.409 e. The van der Waals surface area contributed by atoms with E-state index in [9.17, 15) is 4.79 Å². The molecule has 1 amide bonds. The minimum absolute atomic E-state index is 0.00260. The predicted octanol–water partition coefficient (Wildman–Crippen LogP) is -1.18. The number of hydrogen-bond acceptors (Lipinski definition) is 5. The molecule has 0 radical (unpaired) electrons. The van der Waals surface area contributed by atoms with Crippen LogP contribution in [0.25, 0.3) is 0 Å². The minimum atomic E-state index is -0.638. The number of likely N-dealkylation sites (N-methyl/N-ethyl adjacent to an activating group) is 1. The van der Waals surface area contributed by atoms with Crippen molar-refractivity contribution in [2.45, 2.75) is 13.0 Å². The highest BCUT2D eigenvalue weighted by atomic mass is 16.5. The maximum atomic E-state index is 11.6. The van der Waals surface area contributed by atoms with Crippen LogP contribution in [-0.2, 0) is 9.53 Å². The third-order valence-electron chi connectivity index (χ3n) is 2.80. The van der Waals surface area contributed by atoms with Crippen LogP contribution in [0.5, 0.6) is 0 Å². The molecular weight excluding hydrogens is 224 g/mol. The monoisotopic (exact) mass is 244 g/mol. The summed E-state index contributed by atoms with van der Waals surface area (Å²) in [7, 11) is 2.01. The highest BCUT2D eigenvalue weighted by molar-refractivity contribution is 6.01. The Labute approximate surface area is 101 Å². The first kappa shape index (κ1) is 13.7. The fourth-order valence-electron chi connectivity index (χ4n) is 1.58. The average molecular weight is 244 g/mol. The maximum Gasteiger partial charge on any atom is 0.230 e. The molecule has 1 aliphatic rings. The molecule has 0 aliphatic carbocycles. The smallest absolute Gasteiger partial charge is 0.230 e. The van der Waals surface area contributed by atoms with Gasteiger partial charge in [0.1, 0.15) is 0 Å². The Morgan fingerprint density at radius 2 is 2.47 bits per heavy atom. The molecule has 0 spiro atoms. The number of rotatable bonds is 4. The Morgan fingerprint density at radius 3 is 3.06 bits per heavy atom. The summed E-state index contributed by atoms with van der Waals surface area (Å²) in [5.41, 5.74) is 5.35. The molecule has 7 heteroatoms. The highest BCUT2D eigenvalue weighted by Gasteiger charge is 2.21. The van der Waals surface area contributed by atoms with Crippen molar-refractivity contribution in [1.82, 2.24) is 10.2 Å². The zero-order valence-electron chi connectivity index (χ0n) is 10.2. The van der Waals surface area contributed by atoms with Crippen molar-refractivity contribution in [3.63, 3.8) is 0 Å². The lowest BCUT2D eigenvalue weighted by atomic mass is 10.1. The maximum absolute atomic E-state index is 11.6. The van der Waals surface area contributed by atoms with Gasteiger partial charge in [-0.1, -0.05) is 5.16 Å². The Morgan fingerprint density at radius 1 is 1.76 bits per heavy atom. The summed E-state index contributed by atoms with van der Waals surface area (Å²) in [5, 5.41) is 14.0. The molecule has 0 aromatic carbocycles. The first-order chi connectivity index (χ1) is 8.04. The molecule has 4 N–H and O–H groups in total. The number of nitrogens with zero attached hydrogens (tertiary/aromatic N) is 2. The third-order valence-corrected chi connectivity index (χ3v) is 2.80. The van der Waals surface area contributed by atoms with E-state index in [2.05, 4.69) is 15.4 Å². The number of oxime groups is 1. The molecule has 98 valence electrons. The number of morpholine rings is 1. The summed E-state index contributed by atoms with van der Waals surface area (Å²) in [6, 6.07) is 0. The predicted molar refractivity (Wildman–Crippen MR) is 62.8 cm³/mol. The van der Waals surface area contributed by atoms with Gasteiger partial charge in [-0.15, -0.1) is 0 Å². The van der Waals surface area contributed by atoms with E-state index in [-0.39, 0.29) is 17.8 Å². The van der Waals surface area contributed by atoms with Crippen LogP contribution >= 0.6 is 0 Å². The number of amides is 1. The number of nitrogens with two attached hydrogens (primary N) is 1. The molecule has 0 saturated carbocycles. The zero-order chi connectivity index (χ0) is 12.8. The molecule has 17 heavy (non-hydrogen) atoms. The van der Waals surface area contributed by atoms with Crippen molar-refractivity contribution < 1.29 is 14.7 Å². The average Bonchev–Trinajstić information content (AvgIpc) is 2.34. The first-order valence-electron chi connectivity index (χ1n) is 5.60. The Balaban J connectivity index is 2.32. The van der Waals surface area contributed by atoms with Crippen molar-refractivity contribution >= 4 is 11.7 Å². The van der Waals surface area contributed by atoms with E-state index in [1.807, 2.05) is 7.05 Å². The second-order valence-electron chi connectivity index (χ2n) is 4.25. The van der Waals surface area contributed by atoms with Gasteiger partial charge in [-0.3, -0.25) is 4.79 Å². The van der Waals surface area contributed by atoms with E-state index in [0.29, 0.717) is 13.2 Å². The molecular formula is C10H20N4O3. The van der Waals surface area contributed by atoms with Crippen molar-refractivity contribution in [3.8, 4) is 0 Å². The Kier molecular flexibility index (Phi) is 5.17.